The summed E-state index contributed by atoms with van der Waals surface area (Å²) in [6.45, 7) is 1.96. The Balaban J connectivity index is 1.58. The van der Waals surface area contributed by atoms with Crippen molar-refractivity contribution < 1.29 is 14.2 Å². The maximum atomic E-state index is 6.02. The predicted octanol–water partition coefficient (Wildman–Crippen LogP) is 4.20. The van der Waals surface area contributed by atoms with Gasteiger partial charge in [0.1, 0.15) is 30.8 Å². The molecule has 1 aliphatic rings. The molecule has 0 bridgehead atoms. The van der Waals surface area contributed by atoms with E-state index in [2.05, 4.69) is 24.3 Å². The molecule has 0 saturated carbocycles. The van der Waals surface area contributed by atoms with E-state index >= 15 is 0 Å². The van der Waals surface area contributed by atoms with Crippen LogP contribution in [0.3, 0.4) is 0 Å². The quantitative estimate of drug-likeness (QED) is 0.640. The second-order valence-electron chi connectivity index (χ2n) is 5.65. The fourth-order valence-corrected chi connectivity index (χ4v) is 2.58. The summed E-state index contributed by atoms with van der Waals surface area (Å²) < 4.78 is 17.1. The summed E-state index contributed by atoms with van der Waals surface area (Å²) in [5.41, 5.74) is 1.16. The Morgan fingerprint density at radius 1 is 0.783 bits per heavy atom. The van der Waals surface area contributed by atoms with Crippen LogP contribution in [0.4, 0.5) is 0 Å². The van der Waals surface area contributed by atoms with Crippen molar-refractivity contribution in [3.8, 4) is 11.5 Å². The van der Waals surface area contributed by atoms with E-state index in [1.807, 2.05) is 42.5 Å². The number of ether oxygens (including phenoxy) is 3. The van der Waals surface area contributed by atoms with Gasteiger partial charge < -0.3 is 14.2 Å². The van der Waals surface area contributed by atoms with E-state index in [4.69, 9.17) is 14.2 Å². The van der Waals surface area contributed by atoms with E-state index in [1.165, 1.54) is 0 Å². The summed E-state index contributed by atoms with van der Waals surface area (Å²) in [6.07, 6.45) is 0.253. The van der Waals surface area contributed by atoms with E-state index in [-0.39, 0.29) is 6.10 Å². The number of hydrogen-bond acceptors (Lipinski definition) is 3. The van der Waals surface area contributed by atoms with Crippen molar-refractivity contribution >= 4 is 10.8 Å². The molecule has 0 aliphatic carbocycles. The van der Waals surface area contributed by atoms with Crippen molar-refractivity contribution in [1.82, 2.24) is 0 Å². The SMILES string of the molecule is c1ccc(COc2ccc(OC[C@H]3CO3)c3ccccc23)cc1. The first kappa shape index (κ1) is 14.1. The largest absolute Gasteiger partial charge is 0.490 e. The van der Waals surface area contributed by atoms with Gasteiger partial charge in [0.15, 0.2) is 0 Å². The maximum absolute atomic E-state index is 6.02. The normalized spacial score (nSPS) is 16.3. The number of hydrogen-bond donors (Lipinski definition) is 0. The molecule has 1 atom stereocenters. The minimum Gasteiger partial charge on any atom is -0.490 e. The maximum Gasteiger partial charge on any atom is 0.127 e. The van der Waals surface area contributed by atoms with Crippen molar-refractivity contribution in [3.63, 3.8) is 0 Å². The van der Waals surface area contributed by atoms with Gasteiger partial charge in [-0.05, 0) is 17.7 Å². The molecule has 0 N–H and O–H groups in total. The summed E-state index contributed by atoms with van der Waals surface area (Å²) in [4.78, 5) is 0. The fraction of sp³-hybridized carbons (Fsp3) is 0.200. The van der Waals surface area contributed by atoms with Crippen LogP contribution < -0.4 is 9.47 Å². The van der Waals surface area contributed by atoms with Crippen LogP contribution in [0.1, 0.15) is 5.56 Å². The smallest absolute Gasteiger partial charge is 0.127 e. The Morgan fingerprint density at radius 3 is 2.04 bits per heavy atom. The second kappa shape index (κ2) is 6.31. The zero-order chi connectivity index (χ0) is 15.5. The van der Waals surface area contributed by atoms with Crippen molar-refractivity contribution in [2.75, 3.05) is 13.2 Å². The average Bonchev–Trinajstić information content (AvgIpc) is 3.44. The highest BCUT2D eigenvalue weighted by atomic mass is 16.6. The predicted molar refractivity (Wildman–Crippen MR) is 90.0 cm³/mol. The molecule has 3 aromatic carbocycles. The van der Waals surface area contributed by atoms with E-state index in [0.717, 1.165) is 34.4 Å². The first-order chi connectivity index (χ1) is 11.4. The number of rotatable bonds is 6. The lowest BCUT2D eigenvalue weighted by Gasteiger charge is -2.13. The highest BCUT2D eigenvalue weighted by Gasteiger charge is 2.23. The van der Waals surface area contributed by atoms with E-state index in [0.29, 0.717) is 13.2 Å². The third kappa shape index (κ3) is 3.30. The molecule has 0 amide bonds. The Hall–Kier alpha value is -2.52. The van der Waals surface area contributed by atoms with Crippen LogP contribution in [-0.4, -0.2) is 19.3 Å². The highest BCUT2D eigenvalue weighted by Crippen LogP contribution is 2.34. The van der Waals surface area contributed by atoms with Gasteiger partial charge in [-0.25, -0.2) is 0 Å². The van der Waals surface area contributed by atoms with Crippen LogP contribution in [0, 0.1) is 0 Å². The van der Waals surface area contributed by atoms with Crippen LogP contribution in [0.2, 0.25) is 0 Å². The molecule has 116 valence electrons. The molecule has 0 radical (unpaired) electrons. The lowest BCUT2D eigenvalue weighted by atomic mass is 10.1. The first-order valence-corrected chi connectivity index (χ1v) is 7.83. The van der Waals surface area contributed by atoms with E-state index < -0.39 is 0 Å². The van der Waals surface area contributed by atoms with Crippen molar-refractivity contribution in [2.24, 2.45) is 0 Å². The number of epoxide rings is 1. The molecule has 1 saturated heterocycles. The second-order valence-corrected chi connectivity index (χ2v) is 5.65. The molecule has 1 aliphatic heterocycles. The van der Waals surface area contributed by atoms with Crippen LogP contribution >= 0.6 is 0 Å². The molecule has 3 aromatic rings. The molecule has 3 heteroatoms. The Bertz CT molecular complexity index is 794. The molecule has 0 unspecified atom stereocenters. The van der Waals surface area contributed by atoms with Crippen molar-refractivity contribution in [1.29, 1.82) is 0 Å². The monoisotopic (exact) mass is 306 g/mol. The molecule has 0 spiro atoms. The number of fused-ring (bicyclic) bond motifs is 1. The average molecular weight is 306 g/mol. The van der Waals surface area contributed by atoms with Crippen molar-refractivity contribution in [3.05, 3.63) is 72.3 Å². The molecule has 4 rings (SSSR count). The first-order valence-electron chi connectivity index (χ1n) is 7.83. The van der Waals surface area contributed by atoms with Crippen LogP contribution in [0.25, 0.3) is 10.8 Å². The standard InChI is InChI=1S/C20H18O3/c1-2-6-15(7-3-1)12-22-19-10-11-20(23-14-16-13-21-16)18-9-5-4-8-17(18)19/h1-11,16H,12-14H2/t16-/m1/s1. The van der Waals surface area contributed by atoms with Crippen LogP contribution in [0.5, 0.6) is 11.5 Å². The Kier molecular flexibility index (Phi) is 3.86. The lowest BCUT2D eigenvalue weighted by molar-refractivity contribution is 0.265. The summed E-state index contributed by atoms with van der Waals surface area (Å²) in [7, 11) is 0. The highest BCUT2D eigenvalue weighted by molar-refractivity contribution is 5.93. The summed E-state index contributed by atoms with van der Waals surface area (Å²) >= 11 is 0. The molecular weight excluding hydrogens is 288 g/mol. The Morgan fingerprint density at radius 2 is 1.39 bits per heavy atom. The van der Waals surface area contributed by atoms with Gasteiger partial charge in [0.2, 0.25) is 0 Å². The van der Waals surface area contributed by atoms with Gasteiger partial charge >= 0.3 is 0 Å². The van der Waals surface area contributed by atoms with Crippen LogP contribution in [-0.2, 0) is 11.3 Å². The number of benzene rings is 3. The summed E-state index contributed by atoms with van der Waals surface area (Å²) in [5.74, 6) is 1.75. The van der Waals surface area contributed by atoms with Gasteiger partial charge in [0.05, 0.1) is 6.61 Å². The third-order valence-corrected chi connectivity index (χ3v) is 3.91. The fourth-order valence-electron chi connectivity index (χ4n) is 2.58. The van der Waals surface area contributed by atoms with Crippen molar-refractivity contribution in [2.45, 2.75) is 12.7 Å². The zero-order valence-corrected chi connectivity index (χ0v) is 12.8. The van der Waals surface area contributed by atoms with Gasteiger partial charge in [-0.15, -0.1) is 0 Å². The third-order valence-electron chi connectivity index (χ3n) is 3.91. The van der Waals surface area contributed by atoms with Gasteiger partial charge in [0, 0.05) is 10.8 Å². The molecule has 3 nitrogen and oxygen atoms in total. The molecule has 1 fully saturated rings. The summed E-state index contributed by atoms with van der Waals surface area (Å²) in [5, 5.41) is 2.14. The summed E-state index contributed by atoms with van der Waals surface area (Å²) in [6, 6.07) is 22.3. The lowest BCUT2D eigenvalue weighted by Crippen LogP contribution is -2.04. The molecule has 0 aromatic heterocycles. The molecule has 23 heavy (non-hydrogen) atoms. The van der Waals surface area contributed by atoms with Gasteiger partial charge in [-0.1, -0.05) is 54.6 Å². The van der Waals surface area contributed by atoms with Crippen LogP contribution in [0.15, 0.2) is 66.7 Å². The van der Waals surface area contributed by atoms with Gasteiger partial charge in [-0.3, -0.25) is 0 Å². The minimum absolute atomic E-state index is 0.253. The van der Waals surface area contributed by atoms with Gasteiger partial charge in [0.25, 0.3) is 0 Å². The zero-order valence-electron chi connectivity index (χ0n) is 12.8. The topological polar surface area (TPSA) is 31.0 Å². The molecular formula is C20H18O3. The van der Waals surface area contributed by atoms with E-state index in [1.54, 1.807) is 0 Å². The minimum atomic E-state index is 0.253. The Labute approximate surface area is 135 Å². The van der Waals surface area contributed by atoms with Gasteiger partial charge in [-0.2, -0.15) is 0 Å². The molecule has 1 heterocycles. The van der Waals surface area contributed by atoms with E-state index in [9.17, 15) is 0 Å².